The minimum Gasteiger partial charge on any atom is -0.339 e. The van der Waals surface area contributed by atoms with Crippen molar-refractivity contribution in [1.82, 2.24) is 9.80 Å². The summed E-state index contributed by atoms with van der Waals surface area (Å²) in [6.07, 6.45) is 2.62. The number of rotatable bonds is 6. The fraction of sp³-hybridized carbons (Fsp3) is 0.357. The molecule has 0 saturated carbocycles. The fourth-order valence-corrected chi connectivity index (χ4v) is 5.49. The number of amides is 2. The van der Waals surface area contributed by atoms with Crippen molar-refractivity contribution in [3.05, 3.63) is 93.2 Å². The summed E-state index contributed by atoms with van der Waals surface area (Å²) in [5.74, 6) is 0.545. The molecule has 1 aliphatic heterocycles. The number of benzene rings is 2. The molecule has 1 aliphatic rings. The van der Waals surface area contributed by atoms with E-state index in [4.69, 9.17) is 0 Å². The van der Waals surface area contributed by atoms with E-state index in [0.29, 0.717) is 5.92 Å². The lowest BCUT2D eigenvalue weighted by atomic mass is 9.84. The van der Waals surface area contributed by atoms with Crippen molar-refractivity contribution in [3.63, 3.8) is 0 Å². The van der Waals surface area contributed by atoms with E-state index >= 15 is 0 Å². The summed E-state index contributed by atoms with van der Waals surface area (Å²) in [6.45, 7) is 5.52. The predicted octanol–water partition coefficient (Wildman–Crippen LogP) is 5.60. The monoisotopic (exact) mass is 460 g/mol. The van der Waals surface area contributed by atoms with E-state index in [9.17, 15) is 9.59 Å². The van der Waals surface area contributed by atoms with Gasteiger partial charge in [-0.3, -0.25) is 9.59 Å². The Balaban J connectivity index is 1.49. The van der Waals surface area contributed by atoms with Crippen molar-refractivity contribution in [2.45, 2.75) is 39.2 Å². The number of hydrogen-bond donors (Lipinski definition) is 0. The Hall–Kier alpha value is -2.92. The molecule has 2 amide bonds. The number of piperidine rings is 1. The van der Waals surface area contributed by atoms with Gasteiger partial charge in [0.1, 0.15) is 0 Å². The maximum Gasteiger partial charge on any atom is 0.254 e. The second-order valence-corrected chi connectivity index (χ2v) is 9.84. The molecule has 1 atom stereocenters. The average molecular weight is 461 g/mol. The first-order valence-corrected chi connectivity index (χ1v) is 12.6. The third-order valence-corrected chi connectivity index (χ3v) is 7.76. The minimum absolute atomic E-state index is 0.0751. The van der Waals surface area contributed by atoms with Crippen LogP contribution in [0.15, 0.2) is 65.4 Å². The second kappa shape index (κ2) is 10.3. The van der Waals surface area contributed by atoms with Gasteiger partial charge < -0.3 is 9.80 Å². The predicted molar refractivity (Wildman–Crippen MR) is 135 cm³/mol. The summed E-state index contributed by atoms with van der Waals surface area (Å²) >= 11 is 1.55. The third kappa shape index (κ3) is 5.19. The molecule has 1 saturated heterocycles. The highest BCUT2D eigenvalue weighted by atomic mass is 32.1. The van der Waals surface area contributed by atoms with Gasteiger partial charge in [-0.1, -0.05) is 42.5 Å². The number of likely N-dealkylation sites (N-methyl/N-ethyl adjacent to an activating group) is 1. The Morgan fingerprint density at radius 1 is 1.03 bits per heavy atom. The second-order valence-electron chi connectivity index (χ2n) is 9.06. The highest BCUT2D eigenvalue weighted by molar-refractivity contribution is 7.08. The zero-order valence-electron chi connectivity index (χ0n) is 19.7. The molecule has 0 radical (unpaired) electrons. The van der Waals surface area contributed by atoms with E-state index in [1.54, 1.807) is 11.3 Å². The van der Waals surface area contributed by atoms with Gasteiger partial charge in [-0.25, -0.2) is 0 Å². The van der Waals surface area contributed by atoms with Gasteiger partial charge in [0.25, 0.3) is 11.8 Å². The highest BCUT2D eigenvalue weighted by Crippen LogP contribution is 2.29. The number of hydrogen-bond acceptors (Lipinski definition) is 3. The molecule has 0 bridgehead atoms. The molecule has 5 heteroatoms. The maximum atomic E-state index is 13.2. The van der Waals surface area contributed by atoms with E-state index in [1.165, 1.54) is 5.56 Å². The van der Waals surface area contributed by atoms with Crippen LogP contribution in [0.5, 0.6) is 0 Å². The maximum absolute atomic E-state index is 13.2. The van der Waals surface area contributed by atoms with Crippen molar-refractivity contribution in [3.8, 4) is 0 Å². The van der Waals surface area contributed by atoms with Gasteiger partial charge in [0.2, 0.25) is 0 Å². The van der Waals surface area contributed by atoms with E-state index in [1.807, 2.05) is 71.8 Å². The molecule has 4 nitrogen and oxygen atoms in total. The molecule has 172 valence electrons. The number of carbonyl (C=O) groups excluding carboxylic acids is 2. The molecule has 2 aromatic carbocycles. The first-order chi connectivity index (χ1) is 16.0. The number of thiophene rings is 1. The van der Waals surface area contributed by atoms with E-state index in [2.05, 4.69) is 24.3 Å². The van der Waals surface area contributed by atoms with Crippen LogP contribution >= 0.6 is 11.3 Å². The van der Waals surface area contributed by atoms with E-state index in [0.717, 1.165) is 54.6 Å². The summed E-state index contributed by atoms with van der Waals surface area (Å²) in [6, 6.07) is 18.3. The van der Waals surface area contributed by atoms with Crippen molar-refractivity contribution in [2.75, 3.05) is 20.1 Å². The quantitative estimate of drug-likeness (QED) is 0.480. The SMILES string of the molecule is Cc1cccc(C(=O)N2CCC(C(Cc3ccccc3)N(C)C(=O)c3ccsc3)CC2)c1C. The van der Waals surface area contributed by atoms with Crippen LogP contribution in [0.4, 0.5) is 0 Å². The molecule has 0 N–H and O–H groups in total. The van der Waals surface area contributed by atoms with Crippen molar-refractivity contribution < 1.29 is 9.59 Å². The molecule has 0 spiro atoms. The van der Waals surface area contributed by atoms with Gasteiger partial charge in [0.15, 0.2) is 0 Å². The molecule has 1 fully saturated rings. The summed E-state index contributed by atoms with van der Waals surface area (Å²) in [5, 5.41) is 3.87. The van der Waals surface area contributed by atoms with Crippen molar-refractivity contribution >= 4 is 23.2 Å². The molecule has 3 aromatic rings. The molecular weight excluding hydrogens is 428 g/mol. The molecule has 1 aromatic heterocycles. The lowest BCUT2D eigenvalue weighted by molar-refractivity contribution is 0.0522. The zero-order valence-corrected chi connectivity index (χ0v) is 20.5. The van der Waals surface area contributed by atoms with Gasteiger partial charge in [-0.15, -0.1) is 0 Å². The Bertz CT molecular complexity index is 1090. The van der Waals surface area contributed by atoms with Gasteiger partial charge in [-0.05, 0) is 73.2 Å². The number of carbonyl (C=O) groups is 2. The van der Waals surface area contributed by atoms with Gasteiger partial charge in [0, 0.05) is 37.1 Å². The smallest absolute Gasteiger partial charge is 0.254 e. The van der Waals surface area contributed by atoms with E-state index < -0.39 is 0 Å². The molecule has 33 heavy (non-hydrogen) atoms. The van der Waals surface area contributed by atoms with Crippen molar-refractivity contribution in [2.24, 2.45) is 5.92 Å². The highest BCUT2D eigenvalue weighted by Gasteiger charge is 2.33. The van der Waals surface area contributed by atoms with Crippen LogP contribution in [0, 0.1) is 19.8 Å². The summed E-state index contributed by atoms with van der Waals surface area (Å²) in [4.78, 5) is 30.3. The largest absolute Gasteiger partial charge is 0.339 e. The Morgan fingerprint density at radius 3 is 2.42 bits per heavy atom. The Morgan fingerprint density at radius 2 is 1.76 bits per heavy atom. The lowest BCUT2D eigenvalue weighted by Gasteiger charge is -2.40. The van der Waals surface area contributed by atoms with Gasteiger partial charge >= 0.3 is 0 Å². The van der Waals surface area contributed by atoms with Gasteiger partial charge in [-0.2, -0.15) is 11.3 Å². The Kier molecular flexibility index (Phi) is 7.29. The number of nitrogens with zero attached hydrogens (tertiary/aromatic N) is 2. The topological polar surface area (TPSA) is 40.6 Å². The van der Waals surface area contributed by atoms with Crippen LogP contribution in [0.2, 0.25) is 0 Å². The van der Waals surface area contributed by atoms with E-state index in [-0.39, 0.29) is 17.9 Å². The first-order valence-electron chi connectivity index (χ1n) is 11.6. The molecule has 1 unspecified atom stereocenters. The van der Waals surface area contributed by atoms with Gasteiger partial charge in [0.05, 0.1) is 5.56 Å². The first kappa shape index (κ1) is 23.2. The third-order valence-electron chi connectivity index (χ3n) is 7.08. The normalized spacial score (nSPS) is 15.3. The standard InChI is InChI=1S/C28H32N2O2S/c1-20-8-7-11-25(21(20)2)28(32)30-15-12-23(13-16-30)26(18-22-9-5-4-6-10-22)29(3)27(31)24-14-17-33-19-24/h4-11,14,17,19,23,26H,12-13,15-16,18H2,1-3H3. The summed E-state index contributed by atoms with van der Waals surface area (Å²) < 4.78 is 0. The van der Waals surface area contributed by atoms with Crippen LogP contribution in [-0.4, -0.2) is 47.8 Å². The zero-order chi connectivity index (χ0) is 23.4. The Labute approximate surface area is 200 Å². The molecule has 2 heterocycles. The number of likely N-dealkylation sites (tertiary alicyclic amines) is 1. The van der Waals surface area contributed by atoms with Crippen LogP contribution in [0.3, 0.4) is 0 Å². The number of aryl methyl sites for hydroxylation is 1. The lowest BCUT2D eigenvalue weighted by Crippen LogP contribution is -2.48. The molecule has 0 aliphatic carbocycles. The van der Waals surface area contributed by atoms with Crippen molar-refractivity contribution in [1.29, 1.82) is 0 Å². The average Bonchev–Trinajstić information content (AvgIpc) is 3.39. The minimum atomic E-state index is 0.0751. The summed E-state index contributed by atoms with van der Waals surface area (Å²) in [5.41, 5.74) is 5.00. The van der Waals surface area contributed by atoms with Crippen LogP contribution in [0.1, 0.15) is 50.2 Å². The van der Waals surface area contributed by atoms with Crippen LogP contribution < -0.4 is 0 Å². The fourth-order valence-electron chi connectivity index (χ4n) is 4.86. The summed E-state index contributed by atoms with van der Waals surface area (Å²) in [7, 11) is 1.93. The van der Waals surface area contributed by atoms with Crippen LogP contribution in [0.25, 0.3) is 0 Å². The van der Waals surface area contributed by atoms with Crippen LogP contribution in [-0.2, 0) is 6.42 Å². The molecule has 4 rings (SSSR count). The molecular formula is C28H32N2O2S.